The standard InChI is InChI=1S/C24H26N4/c1-17-6-10-20(16-26-17)18(2)27-23-4-3-5-24-22(23)13-15-28(24)21(12-14-25)11-9-19-7-8-19/h3-6,10-16,19,27H,2,7-9,25H2,1H3/b14-12-,21-11+. The van der Waals surface area contributed by atoms with Crippen LogP contribution in [0.5, 0.6) is 0 Å². The highest BCUT2D eigenvalue weighted by atomic mass is 15.0. The Kier molecular flexibility index (Phi) is 5.02. The number of rotatable bonds is 7. The van der Waals surface area contributed by atoms with Gasteiger partial charge in [-0.05, 0) is 74.7 Å². The molecule has 142 valence electrons. The molecule has 0 radical (unpaired) electrons. The summed E-state index contributed by atoms with van der Waals surface area (Å²) >= 11 is 0. The molecule has 0 aliphatic heterocycles. The topological polar surface area (TPSA) is 55.9 Å². The third-order valence-electron chi connectivity index (χ3n) is 5.18. The van der Waals surface area contributed by atoms with Crippen LogP contribution in [0.3, 0.4) is 0 Å². The Morgan fingerprint density at radius 3 is 2.86 bits per heavy atom. The van der Waals surface area contributed by atoms with Crippen molar-refractivity contribution < 1.29 is 0 Å². The quantitative estimate of drug-likeness (QED) is 0.537. The summed E-state index contributed by atoms with van der Waals surface area (Å²) in [4.78, 5) is 4.36. The molecule has 0 saturated heterocycles. The lowest BCUT2D eigenvalue weighted by atomic mass is 10.1. The third kappa shape index (κ3) is 3.86. The molecule has 4 nitrogen and oxygen atoms in total. The van der Waals surface area contributed by atoms with Crippen LogP contribution < -0.4 is 11.1 Å². The van der Waals surface area contributed by atoms with Crippen LogP contribution >= 0.6 is 0 Å². The van der Waals surface area contributed by atoms with Gasteiger partial charge in [-0.15, -0.1) is 0 Å². The Balaban J connectivity index is 1.65. The minimum atomic E-state index is 0.833. The molecule has 1 aliphatic rings. The molecule has 2 heterocycles. The van der Waals surface area contributed by atoms with Gasteiger partial charge in [0, 0.05) is 46.1 Å². The summed E-state index contributed by atoms with van der Waals surface area (Å²) in [6.07, 6.45) is 13.6. The maximum Gasteiger partial charge on any atom is 0.0549 e. The first-order chi connectivity index (χ1) is 13.7. The fraction of sp³-hybridized carbons (Fsp3) is 0.208. The molecule has 2 aromatic heterocycles. The summed E-state index contributed by atoms with van der Waals surface area (Å²) in [7, 11) is 0. The van der Waals surface area contributed by atoms with E-state index in [2.05, 4.69) is 58.0 Å². The van der Waals surface area contributed by atoms with E-state index in [1.807, 2.05) is 31.3 Å². The summed E-state index contributed by atoms with van der Waals surface area (Å²) < 4.78 is 2.20. The first-order valence-electron chi connectivity index (χ1n) is 9.73. The van der Waals surface area contributed by atoms with Crippen molar-refractivity contribution in [3.63, 3.8) is 0 Å². The van der Waals surface area contributed by atoms with Gasteiger partial charge >= 0.3 is 0 Å². The number of anilines is 1. The monoisotopic (exact) mass is 370 g/mol. The highest BCUT2D eigenvalue weighted by molar-refractivity contribution is 5.97. The number of aryl methyl sites for hydroxylation is 1. The number of nitrogens with two attached hydrogens (primary N) is 1. The van der Waals surface area contributed by atoms with Crippen LogP contribution in [0.25, 0.3) is 22.3 Å². The SMILES string of the molecule is C=C(Nc1cccc2c1ccn2C(/C=C\N)=C/CC1CC1)c1ccc(C)nc1. The second-order valence-corrected chi connectivity index (χ2v) is 7.38. The van der Waals surface area contributed by atoms with Gasteiger partial charge < -0.3 is 15.6 Å². The Bertz CT molecular complexity index is 1050. The molecule has 1 fully saturated rings. The molecule has 0 unspecified atom stereocenters. The molecule has 0 atom stereocenters. The van der Waals surface area contributed by atoms with Crippen molar-refractivity contribution >= 4 is 28.0 Å². The van der Waals surface area contributed by atoms with Gasteiger partial charge in [0.15, 0.2) is 0 Å². The minimum absolute atomic E-state index is 0.833. The average molecular weight is 371 g/mol. The molecule has 28 heavy (non-hydrogen) atoms. The van der Waals surface area contributed by atoms with Crippen LogP contribution in [0.2, 0.25) is 0 Å². The molecule has 0 bridgehead atoms. The zero-order chi connectivity index (χ0) is 19.5. The maximum absolute atomic E-state index is 5.71. The van der Waals surface area contributed by atoms with Crippen LogP contribution in [0.4, 0.5) is 5.69 Å². The second-order valence-electron chi connectivity index (χ2n) is 7.38. The van der Waals surface area contributed by atoms with E-state index in [9.17, 15) is 0 Å². The van der Waals surface area contributed by atoms with E-state index >= 15 is 0 Å². The predicted molar refractivity (Wildman–Crippen MR) is 119 cm³/mol. The van der Waals surface area contributed by atoms with Gasteiger partial charge in [-0.2, -0.15) is 0 Å². The van der Waals surface area contributed by atoms with Crippen molar-refractivity contribution in [2.24, 2.45) is 11.7 Å². The number of allylic oxidation sites excluding steroid dienone is 3. The zero-order valence-electron chi connectivity index (χ0n) is 16.2. The number of nitrogens with one attached hydrogen (secondary N) is 1. The van der Waals surface area contributed by atoms with E-state index in [0.717, 1.165) is 51.6 Å². The van der Waals surface area contributed by atoms with Crippen molar-refractivity contribution in [3.8, 4) is 0 Å². The first kappa shape index (κ1) is 18.1. The summed E-state index contributed by atoms with van der Waals surface area (Å²) in [5.74, 6) is 0.840. The highest BCUT2D eigenvalue weighted by Crippen LogP contribution is 2.34. The maximum atomic E-state index is 5.71. The fourth-order valence-electron chi connectivity index (χ4n) is 3.37. The highest BCUT2D eigenvalue weighted by Gasteiger charge is 2.19. The van der Waals surface area contributed by atoms with Crippen molar-refractivity contribution in [3.05, 3.63) is 85.0 Å². The Labute approximate surface area is 166 Å². The third-order valence-corrected chi connectivity index (χ3v) is 5.18. The van der Waals surface area contributed by atoms with Crippen molar-refractivity contribution in [2.45, 2.75) is 26.2 Å². The normalized spacial score (nSPS) is 14.7. The molecule has 0 spiro atoms. The molecule has 1 saturated carbocycles. The summed E-state index contributed by atoms with van der Waals surface area (Å²) in [6, 6.07) is 12.4. The van der Waals surface area contributed by atoms with Crippen molar-refractivity contribution in [2.75, 3.05) is 5.32 Å². The van der Waals surface area contributed by atoms with Gasteiger partial charge in [0.2, 0.25) is 0 Å². The van der Waals surface area contributed by atoms with E-state index in [0.29, 0.717) is 0 Å². The van der Waals surface area contributed by atoms with Crippen molar-refractivity contribution in [1.82, 2.24) is 9.55 Å². The smallest absolute Gasteiger partial charge is 0.0549 e. The molecule has 1 aromatic carbocycles. The van der Waals surface area contributed by atoms with E-state index in [1.54, 1.807) is 6.20 Å². The van der Waals surface area contributed by atoms with Gasteiger partial charge in [0.05, 0.1) is 5.52 Å². The molecule has 4 rings (SSSR count). The lowest BCUT2D eigenvalue weighted by Gasteiger charge is -2.12. The van der Waals surface area contributed by atoms with Gasteiger partial charge in [-0.25, -0.2) is 0 Å². The van der Waals surface area contributed by atoms with Crippen LogP contribution in [0, 0.1) is 12.8 Å². The fourth-order valence-corrected chi connectivity index (χ4v) is 3.37. The van der Waals surface area contributed by atoms with E-state index in [-0.39, 0.29) is 0 Å². The van der Waals surface area contributed by atoms with Gasteiger partial charge in [0.25, 0.3) is 0 Å². The largest absolute Gasteiger partial charge is 0.405 e. The Morgan fingerprint density at radius 1 is 1.29 bits per heavy atom. The molecule has 3 N–H and O–H groups in total. The summed E-state index contributed by atoms with van der Waals surface area (Å²) in [5.41, 5.74) is 11.8. The van der Waals surface area contributed by atoms with Gasteiger partial charge in [0.1, 0.15) is 0 Å². The number of pyridine rings is 1. The predicted octanol–water partition coefficient (Wildman–Crippen LogP) is 5.54. The molecule has 4 heteroatoms. The number of benzene rings is 1. The summed E-state index contributed by atoms with van der Waals surface area (Å²) in [5, 5.41) is 4.60. The number of fused-ring (bicyclic) bond motifs is 1. The number of hydrogen-bond donors (Lipinski definition) is 2. The Hall–Kier alpha value is -3.27. The number of nitrogens with zero attached hydrogens (tertiary/aromatic N) is 2. The minimum Gasteiger partial charge on any atom is -0.405 e. The average Bonchev–Trinajstić information content (AvgIpc) is 3.43. The first-order valence-corrected chi connectivity index (χ1v) is 9.73. The van der Waals surface area contributed by atoms with Gasteiger partial charge in [-0.3, -0.25) is 4.98 Å². The lowest BCUT2D eigenvalue weighted by Crippen LogP contribution is -1.99. The van der Waals surface area contributed by atoms with Crippen LogP contribution in [0.1, 0.15) is 30.5 Å². The van der Waals surface area contributed by atoms with Crippen molar-refractivity contribution in [1.29, 1.82) is 0 Å². The molecule has 3 aromatic rings. The lowest BCUT2D eigenvalue weighted by molar-refractivity contribution is 0.860. The van der Waals surface area contributed by atoms with Gasteiger partial charge in [-0.1, -0.05) is 18.7 Å². The van der Waals surface area contributed by atoms with E-state index in [1.165, 1.54) is 12.8 Å². The summed E-state index contributed by atoms with van der Waals surface area (Å²) in [6.45, 7) is 6.17. The molecular formula is C24H26N4. The van der Waals surface area contributed by atoms with E-state index in [4.69, 9.17) is 5.73 Å². The Morgan fingerprint density at radius 2 is 2.14 bits per heavy atom. The zero-order valence-corrected chi connectivity index (χ0v) is 16.2. The molecule has 0 amide bonds. The molecule has 1 aliphatic carbocycles. The molecular weight excluding hydrogens is 344 g/mol. The van der Waals surface area contributed by atoms with Crippen LogP contribution in [0.15, 0.2) is 73.7 Å². The van der Waals surface area contributed by atoms with Crippen LogP contribution in [-0.2, 0) is 0 Å². The van der Waals surface area contributed by atoms with E-state index < -0.39 is 0 Å². The second kappa shape index (κ2) is 7.77. The number of aromatic nitrogens is 2. The number of hydrogen-bond acceptors (Lipinski definition) is 3. The van der Waals surface area contributed by atoms with Crippen LogP contribution in [-0.4, -0.2) is 9.55 Å².